The van der Waals surface area contributed by atoms with Crippen LogP contribution in [0.15, 0.2) is 41.3 Å². The van der Waals surface area contributed by atoms with E-state index in [0.29, 0.717) is 18.8 Å². The van der Waals surface area contributed by atoms with E-state index in [1.54, 1.807) is 0 Å². The van der Waals surface area contributed by atoms with Gasteiger partial charge < -0.3 is 14.6 Å². The van der Waals surface area contributed by atoms with Crippen LogP contribution in [0, 0.1) is 5.82 Å². The topological polar surface area (TPSA) is 60.3 Å². The van der Waals surface area contributed by atoms with Gasteiger partial charge in [-0.15, -0.1) is 0 Å². The van der Waals surface area contributed by atoms with Crippen LogP contribution in [-0.4, -0.2) is 24.2 Å². The zero-order valence-corrected chi connectivity index (χ0v) is 12.6. The molecular formula is C15H14ClFN2O3. The van der Waals surface area contributed by atoms with Crippen LogP contribution in [0.2, 0.25) is 5.02 Å². The summed E-state index contributed by atoms with van der Waals surface area (Å²) in [5, 5.41) is 2.79. The molecule has 0 aliphatic heterocycles. The maximum absolute atomic E-state index is 13.6. The quantitative estimate of drug-likeness (QED) is 0.919. The van der Waals surface area contributed by atoms with E-state index < -0.39 is 11.7 Å². The highest BCUT2D eigenvalue weighted by atomic mass is 35.5. The molecular weight excluding hydrogens is 311 g/mol. The van der Waals surface area contributed by atoms with Crippen LogP contribution in [-0.2, 0) is 11.3 Å². The molecule has 0 spiro atoms. The molecule has 0 bridgehead atoms. The van der Waals surface area contributed by atoms with Gasteiger partial charge in [0.15, 0.2) is 0 Å². The van der Waals surface area contributed by atoms with Crippen LogP contribution in [0.3, 0.4) is 0 Å². The molecule has 0 aliphatic rings. The molecule has 1 aromatic carbocycles. The Morgan fingerprint density at radius 2 is 2.14 bits per heavy atom. The molecule has 2 aromatic rings. The number of anilines is 1. The van der Waals surface area contributed by atoms with Crippen molar-refractivity contribution in [2.45, 2.75) is 6.54 Å². The van der Waals surface area contributed by atoms with Crippen LogP contribution >= 0.6 is 11.6 Å². The molecule has 0 atom stereocenters. The standard InChI is InChI=1S/C15H14ClFN2O3/c1-22-7-6-19-9-11(3-5-14(19)20)18-15(21)12-8-10(16)2-4-13(12)17/h2-5,8-9H,6-7H2,1H3,(H,18,21). The number of methoxy groups -OCH3 is 1. The number of nitrogens with one attached hydrogen (secondary N) is 1. The number of halogens is 2. The van der Waals surface area contributed by atoms with Crippen LogP contribution in [0.4, 0.5) is 10.1 Å². The van der Waals surface area contributed by atoms with Gasteiger partial charge in [-0.1, -0.05) is 11.6 Å². The average Bonchev–Trinajstić information content (AvgIpc) is 2.50. The molecule has 0 saturated heterocycles. The van der Waals surface area contributed by atoms with Gasteiger partial charge in [-0.3, -0.25) is 9.59 Å². The van der Waals surface area contributed by atoms with Gasteiger partial charge in [0.2, 0.25) is 0 Å². The van der Waals surface area contributed by atoms with E-state index >= 15 is 0 Å². The third kappa shape index (κ3) is 3.93. The molecule has 0 aliphatic carbocycles. The minimum atomic E-state index is -0.672. The molecule has 0 fully saturated rings. The maximum Gasteiger partial charge on any atom is 0.258 e. The second kappa shape index (κ2) is 7.20. The van der Waals surface area contributed by atoms with E-state index in [-0.39, 0.29) is 16.1 Å². The van der Waals surface area contributed by atoms with Gasteiger partial charge in [0.05, 0.1) is 17.9 Å². The molecule has 0 radical (unpaired) electrons. The predicted octanol–water partition coefficient (Wildman–Crippen LogP) is 2.54. The van der Waals surface area contributed by atoms with E-state index in [1.807, 2.05) is 0 Å². The first-order valence-corrected chi connectivity index (χ1v) is 6.85. The van der Waals surface area contributed by atoms with Crippen molar-refractivity contribution in [3.05, 3.63) is 63.3 Å². The summed E-state index contributed by atoms with van der Waals surface area (Å²) in [5.74, 6) is -1.31. The Bertz CT molecular complexity index is 746. The van der Waals surface area contributed by atoms with Gasteiger partial charge >= 0.3 is 0 Å². The lowest BCUT2D eigenvalue weighted by atomic mass is 10.2. The zero-order valence-electron chi connectivity index (χ0n) is 11.8. The molecule has 116 valence electrons. The van der Waals surface area contributed by atoms with Gasteiger partial charge in [0.25, 0.3) is 11.5 Å². The zero-order chi connectivity index (χ0) is 16.1. The van der Waals surface area contributed by atoms with E-state index in [4.69, 9.17) is 16.3 Å². The Morgan fingerprint density at radius 1 is 1.36 bits per heavy atom. The molecule has 1 aromatic heterocycles. The van der Waals surface area contributed by atoms with Crippen molar-refractivity contribution in [2.24, 2.45) is 0 Å². The molecule has 1 N–H and O–H groups in total. The fourth-order valence-corrected chi connectivity index (χ4v) is 2.01. The van der Waals surface area contributed by atoms with Crippen molar-refractivity contribution < 1.29 is 13.9 Å². The summed E-state index contributed by atoms with van der Waals surface area (Å²) >= 11 is 5.76. The highest BCUT2D eigenvalue weighted by molar-refractivity contribution is 6.31. The summed E-state index contributed by atoms with van der Waals surface area (Å²) in [6, 6.07) is 6.49. The minimum absolute atomic E-state index is 0.165. The lowest BCUT2D eigenvalue weighted by Gasteiger charge is -2.10. The summed E-state index contributed by atoms with van der Waals surface area (Å²) < 4.78 is 19.9. The van der Waals surface area contributed by atoms with Gasteiger partial charge in [-0.25, -0.2) is 4.39 Å². The number of hydrogen-bond acceptors (Lipinski definition) is 3. The first kappa shape index (κ1) is 16.2. The largest absolute Gasteiger partial charge is 0.383 e. The number of rotatable bonds is 5. The van der Waals surface area contributed by atoms with Crippen molar-refractivity contribution in [3.63, 3.8) is 0 Å². The van der Waals surface area contributed by atoms with Crippen molar-refractivity contribution >= 4 is 23.2 Å². The summed E-state index contributed by atoms with van der Waals surface area (Å²) in [7, 11) is 1.53. The number of amides is 1. The number of carbonyl (C=O) groups excluding carboxylic acids is 1. The van der Waals surface area contributed by atoms with E-state index in [2.05, 4.69) is 5.32 Å². The number of ether oxygens (including phenoxy) is 1. The Morgan fingerprint density at radius 3 is 2.86 bits per heavy atom. The monoisotopic (exact) mass is 324 g/mol. The fourth-order valence-electron chi connectivity index (χ4n) is 1.84. The van der Waals surface area contributed by atoms with Gasteiger partial charge in [-0.2, -0.15) is 0 Å². The molecule has 7 heteroatoms. The normalized spacial score (nSPS) is 10.5. The van der Waals surface area contributed by atoms with Crippen molar-refractivity contribution in [1.82, 2.24) is 4.57 Å². The first-order chi connectivity index (χ1) is 10.5. The molecule has 2 rings (SSSR count). The molecule has 0 saturated carbocycles. The van der Waals surface area contributed by atoms with Crippen LogP contribution in [0.5, 0.6) is 0 Å². The van der Waals surface area contributed by atoms with Crippen LogP contribution in [0.25, 0.3) is 0 Å². The number of pyridine rings is 1. The highest BCUT2D eigenvalue weighted by Gasteiger charge is 2.13. The molecule has 0 unspecified atom stereocenters. The van der Waals surface area contributed by atoms with Crippen LogP contribution < -0.4 is 10.9 Å². The Labute approximate surface area is 131 Å². The maximum atomic E-state index is 13.6. The van der Waals surface area contributed by atoms with Gasteiger partial charge in [0.1, 0.15) is 5.82 Å². The Kier molecular flexibility index (Phi) is 5.30. The second-order valence-electron chi connectivity index (χ2n) is 4.52. The summed E-state index contributed by atoms with van der Waals surface area (Å²) in [6.07, 6.45) is 1.47. The predicted molar refractivity (Wildman–Crippen MR) is 81.9 cm³/mol. The smallest absolute Gasteiger partial charge is 0.258 e. The lowest BCUT2D eigenvalue weighted by Crippen LogP contribution is -2.22. The molecule has 22 heavy (non-hydrogen) atoms. The third-order valence-electron chi connectivity index (χ3n) is 2.95. The molecule has 5 nitrogen and oxygen atoms in total. The van der Waals surface area contributed by atoms with Gasteiger partial charge in [0, 0.05) is 30.9 Å². The first-order valence-electron chi connectivity index (χ1n) is 6.47. The number of aromatic nitrogens is 1. The number of benzene rings is 1. The second-order valence-corrected chi connectivity index (χ2v) is 4.96. The van der Waals surface area contributed by atoms with Gasteiger partial charge in [-0.05, 0) is 24.3 Å². The molecule has 1 amide bonds. The van der Waals surface area contributed by atoms with Crippen LogP contribution in [0.1, 0.15) is 10.4 Å². The van der Waals surface area contributed by atoms with E-state index in [0.717, 1.165) is 6.07 Å². The number of nitrogens with zero attached hydrogens (tertiary/aromatic N) is 1. The Hall–Kier alpha value is -2.18. The highest BCUT2D eigenvalue weighted by Crippen LogP contribution is 2.16. The van der Waals surface area contributed by atoms with E-state index in [9.17, 15) is 14.0 Å². The van der Waals surface area contributed by atoms with E-state index in [1.165, 1.54) is 42.1 Å². The number of hydrogen-bond donors (Lipinski definition) is 1. The lowest BCUT2D eigenvalue weighted by molar-refractivity contribution is 0.102. The van der Waals surface area contributed by atoms with Crippen molar-refractivity contribution in [3.8, 4) is 0 Å². The molecule has 1 heterocycles. The summed E-state index contributed by atoms with van der Waals surface area (Å²) in [5.41, 5.74) is -0.00814. The summed E-state index contributed by atoms with van der Waals surface area (Å²) in [4.78, 5) is 23.7. The minimum Gasteiger partial charge on any atom is -0.383 e. The third-order valence-corrected chi connectivity index (χ3v) is 3.19. The average molecular weight is 325 g/mol. The van der Waals surface area contributed by atoms with Crippen molar-refractivity contribution in [2.75, 3.05) is 19.0 Å². The Balaban J connectivity index is 2.21. The number of carbonyl (C=O) groups is 1. The fraction of sp³-hybridized carbons (Fsp3) is 0.200. The SMILES string of the molecule is COCCn1cc(NC(=O)c2cc(Cl)ccc2F)ccc1=O. The summed E-state index contributed by atoms with van der Waals surface area (Å²) in [6.45, 7) is 0.713. The van der Waals surface area contributed by atoms with Crippen molar-refractivity contribution in [1.29, 1.82) is 0 Å².